The van der Waals surface area contributed by atoms with Crippen molar-refractivity contribution in [2.24, 2.45) is 0 Å². The molecule has 0 bridgehead atoms. The largest absolute Gasteiger partial charge is 0.493 e. The topological polar surface area (TPSA) is 65.5 Å². The highest BCUT2D eigenvalue weighted by atomic mass is 35.5. The Morgan fingerprint density at radius 2 is 1.77 bits per heavy atom. The van der Waals surface area contributed by atoms with Crippen LogP contribution in [-0.4, -0.2) is 24.2 Å². The lowest BCUT2D eigenvalue weighted by molar-refractivity contribution is 0.306. The zero-order chi connectivity index (χ0) is 24.6. The molecule has 0 aliphatic heterocycles. The van der Waals surface area contributed by atoms with Gasteiger partial charge >= 0.3 is 0 Å². The second-order valence-electron chi connectivity index (χ2n) is 7.46. The number of aromatic nitrogens is 2. The van der Waals surface area contributed by atoms with Gasteiger partial charge in [-0.05, 0) is 59.7 Å². The van der Waals surface area contributed by atoms with E-state index >= 15 is 0 Å². The average molecular weight is 492 g/mol. The number of ether oxygens (including phenoxy) is 3. The highest BCUT2D eigenvalue weighted by Crippen LogP contribution is 2.31. The minimum atomic E-state index is -0.308. The van der Waals surface area contributed by atoms with E-state index in [2.05, 4.69) is 15.3 Å². The molecular formula is C27H23ClFN3O3. The third kappa shape index (κ3) is 6.28. The minimum Gasteiger partial charge on any atom is -0.493 e. The van der Waals surface area contributed by atoms with Crippen molar-refractivity contribution in [1.82, 2.24) is 9.97 Å². The molecule has 0 saturated heterocycles. The van der Waals surface area contributed by atoms with Gasteiger partial charge in [0.15, 0.2) is 11.5 Å². The molecule has 4 rings (SSSR count). The number of nitrogens with one attached hydrogen (secondary N) is 1. The molecule has 178 valence electrons. The Hall–Kier alpha value is -4.10. The second kappa shape index (κ2) is 11.4. The number of nitrogens with zero attached hydrogens (tertiary/aromatic N) is 2. The van der Waals surface area contributed by atoms with E-state index in [0.717, 1.165) is 22.4 Å². The van der Waals surface area contributed by atoms with Gasteiger partial charge < -0.3 is 19.5 Å². The van der Waals surface area contributed by atoms with Gasteiger partial charge in [-0.2, -0.15) is 0 Å². The number of benzene rings is 3. The summed E-state index contributed by atoms with van der Waals surface area (Å²) in [5.74, 6) is 2.11. The maximum Gasteiger partial charge on any atom is 0.161 e. The van der Waals surface area contributed by atoms with Gasteiger partial charge in [0.2, 0.25) is 0 Å². The van der Waals surface area contributed by atoms with Crippen molar-refractivity contribution in [2.45, 2.75) is 6.61 Å². The van der Waals surface area contributed by atoms with Crippen molar-refractivity contribution in [1.29, 1.82) is 0 Å². The van der Waals surface area contributed by atoms with Gasteiger partial charge in [-0.1, -0.05) is 35.9 Å². The van der Waals surface area contributed by atoms with Gasteiger partial charge in [-0.3, -0.25) is 0 Å². The van der Waals surface area contributed by atoms with Crippen LogP contribution < -0.4 is 19.5 Å². The molecule has 0 unspecified atom stereocenters. The smallest absolute Gasteiger partial charge is 0.161 e. The van der Waals surface area contributed by atoms with Crippen molar-refractivity contribution in [3.63, 3.8) is 0 Å². The highest BCUT2D eigenvalue weighted by Gasteiger charge is 2.08. The van der Waals surface area contributed by atoms with Crippen molar-refractivity contribution in [3.8, 4) is 17.2 Å². The molecule has 3 aromatic carbocycles. The molecule has 1 N–H and O–H groups in total. The van der Waals surface area contributed by atoms with Crippen molar-refractivity contribution in [2.75, 3.05) is 19.5 Å². The number of halogens is 2. The minimum absolute atomic E-state index is 0.210. The monoisotopic (exact) mass is 491 g/mol. The summed E-state index contributed by atoms with van der Waals surface area (Å²) in [5, 5.41) is 3.68. The Kier molecular flexibility index (Phi) is 7.80. The van der Waals surface area contributed by atoms with Crippen molar-refractivity contribution < 1.29 is 18.6 Å². The second-order valence-corrected chi connectivity index (χ2v) is 7.87. The molecular weight excluding hydrogens is 469 g/mol. The zero-order valence-electron chi connectivity index (χ0n) is 19.2. The van der Waals surface area contributed by atoms with Crippen LogP contribution in [0.1, 0.15) is 16.7 Å². The molecule has 8 heteroatoms. The third-order valence-electron chi connectivity index (χ3n) is 5.08. The molecule has 0 aliphatic carbocycles. The van der Waals surface area contributed by atoms with Gasteiger partial charge in [0.25, 0.3) is 0 Å². The fraction of sp³-hybridized carbons (Fsp3) is 0.111. The number of rotatable bonds is 9. The first kappa shape index (κ1) is 24.0. The van der Waals surface area contributed by atoms with E-state index in [-0.39, 0.29) is 12.4 Å². The van der Waals surface area contributed by atoms with Crippen molar-refractivity contribution >= 4 is 35.3 Å². The molecule has 0 atom stereocenters. The van der Waals surface area contributed by atoms with E-state index in [4.69, 9.17) is 25.8 Å². The average Bonchev–Trinajstić information content (AvgIpc) is 2.87. The summed E-state index contributed by atoms with van der Waals surface area (Å²) < 4.78 is 29.8. The molecule has 35 heavy (non-hydrogen) atoms. The van der Waals surface area contributed by atoms with Gasteiger partial charge in [0.1, 0.15) is 30.3 Å². The van der Waals surface area contributed by atoms with E-state index in [0.29, 0.717) is 28.1 Å². The lowest BCUT2D eigenvalue weighted by atomic mass is 10.1. The molecule has 0 radical (unpaired) electrons. The molecule has 0 fully saturated rings. The van der Waals surface area contributed by atoms with Crippen LogP contribution in [0.5, 0.6) is 17.2 Å². The summed E-state index contributed by atoms with van der Waals surface area (Å²) in [6, 6.07) is 17.2. The van der Waals surface area contributed by atoms with Gasteiger partial charge in [-0.25, -0.2) is 14.4 Å². The standard InChI is InChI=1S/C27H23ClFN3O3/c1-33-25-10-7-18(13-26(25)34-2)6-8-20-15-30-17-31-27(20)32-22-9-11-24(23(28)14-22)35-16-19-4-3-5-21(29)12-19/h3-15,17H,16H2,1-2H3,(H,30,31,32)/b8-6+. The SMILES string of the molecule is COc1ccc(/C=C/c2cncnc2Nc2ccc(OCc3cccc(F)c3)c(Cl)c2)cc1OC. The van der Waals surface area contributed by atoms with Crippen LogP contribution in [0.3, 0.4) is 0 Å². The zero-order valence-corrected chi connectivity index (χ0v) is 19.9. The Balaban J connectivity index is 1.47. The summed E-state index contributed by atoms with van der Waals surface area (Å²) in [6.45, 7) is 0.210. The highest BCUT2D eigenvalue weighted by molar-refractivity contribution is 6.32. The fourth-order valence-corrected chi connectivity index (χ4v) is 3.56. The molecule has 0 spiro atoms. The first-order valence-electron chi connectivity index (χ1n) is 10.7. The summed E-state index contributed by atoms with van der Waals surface area (Å²) in [7, 11) is 3.20. The van der Waals surface area contributed by atoms with Gasteiger partial charge in [0.05, 0.1) is 19.2 Å². The van der Waals surface area contributed by atoms with Crippen LogP contribution in [-0.2, 0) is 6.61 Å². The first-order valence-corrected chi connectivity index (χ1v) is 11.1. The number of hydrogen-bond acceptors (Lipinski definition) is 6. The molecule has 6 nitrogen and oxygen atoms in total. The van der Waals surface area contributed by atoms with E-state index in [1.165, 1.54) is 18.5 Å². The van der Waals surface area contributed by atoms with Crippen LogP contribution in [0.2, 0.25) is 5.02 Å². The quantitative estimate of drug-likeness (QED) is 0.278. The molecule has 1 aromatic heterocycles. The van der Waals surface area contributed by atoms with Crippen LogP contribution >= 0.6 is 11.6 Å². The summed E-state index contributed by atoms with van der Waals surface area (Å²) in [6.07, 6.45) is 7.02. The number of methoxy groups -OCH3 is 2. The Bertz CT molecular complexity index is 1350. The fourth-order valence-electron chi connectivity index (χ4n) is 3.33. The summed E-state index contributed by atoms with van der Waals surface area (Å²) in [5.41, 5.74) is 3.16. The predicted molar refractivity (Wildman–Crippen MR) is 136 cm³/mol. The van der Waals surface area contributed by atoms with Crippen LogP contribution in [0, 0.1) is 5.82 Å². The van der Waals surface area contributed by atoms with E-state index < -0.39 is 0 Å². The van der Waals surface area contributed by atoms with E-state index in [9.17, 15) is 4.39 Å². The lowest BCUT2D eigenvalue weighted by Gasteiger charge is -2.12. The van der Waals surface area contributed by atoms with Crippen LogP contribution in [0.15, 0.2) is 73.2 Å². The van der Waals surface area contributed by atoms with Crippen molar-refractivity contribution in [3.05, 3.63) is 101 Å². The van der Waals surface area contributed by atoms with Gasteiger partial charge in [0, 0.05) is 17.4 Å². The molecule has 0 saturated carbocycles. The first-order chi connectivity index (χ1) is 17.1. The maximum absolute atomic E-state index is 13.4. The number of hydrogen-bond donors (Lipinski definition) is 1. The van der Waals surface area contributed by atoms with E-state index in [1.54, 1.807) is 44.7 Å². The van der Waals surface area contributed by atoms with Crippen LogP contribution in [0.4, 0.5) is 15.9 Å². The molecule has 0 aliphatic rings. The molecule has 4 aromatic rings. The maximum atomic E-state index is 13.4. The molecule has 1 heterocycles. The van der Waals surface area contributed by atoms with E-state index in [1.807, 2.05) is 36.4 Å². The Morgan fingerprint density at radius 3 is 2.54 bits per heavy atom. The summed E-state index contributed by atoms with van der Waals surface area (Å²) >= 11 is 6.42. The lowest BCUT2D eigenvalue weighted by Crippen LogP contribution is -1.99. The van der Waals surface area contributed by atoms with Gasteiger partial charge in [-0.15, -0.1) is 0 Å². The Labute approximate surface area is 208 Å². The van der Waals surface area contributed by atoms with Crippen LogP contribution in [0.25, 0.3) is 12.2 Å². The summed E-state index contributed by atoms with van der Waals surface area (Å²) in [4.78, 5) is 8.49. The normalized spacial score (nSPS) is 10.9. The Morgan fingerprint density at radius 1 is 0.943 bits per heavy atom. The predicted octanol–water partition coefficient (Wildman–Crippen LogP) is 6.78. The number of anilines is 2. The molecule has 0 amide bonds. The third-order valence-corrected chi connectivity index (χ3v) is 5.38.